The van der Waals surface area contributed by atoms with Crippen LogP contribution in [0.3, 0.4) is 0 Å². The van der Waals surface area contributed by atoms with E-state index in [9.17, 15) is 13.2 Å². The number of halogens is 1. The molecule has 0 radical (unpaired) electrons. The molecular weight excluding hydrogens is 563 g/mol. The lowest BCUT2D eigenvalue weighted by Gasteiger charge is -2.27. The van der Waals surface area contributed by atoms with Gasteiger partial charge in [-0.1, -0.05) is 22.6 Å². The van der Waals surface area contributed by atoms with Gasteiger partial charge in [-0.3, -0.25) is 9.48 Å². The second kappa shape index (κ2) is 9.61. The summed E-state index contributed by atoms with van der Waals surface area (Å²) in [6, 6.07) is 6.47. The first kappa shape index (κ1) is 23.4. The zero-order chi connectivity index (χ0) is 23.6. The summed E-state index contributed by atoms with van der Waals surface area (Å²) in [6.07, 6.45) is 4.35. The highest BCUT2D eigenvalue weighted by Gasteiger charge is 2.22. The number of anilines is 3. The van der Waals surface area contributed by atoms with E-state index in [4.69, 9.17) is 9.47 Å². The fraction of sp³-hybridized carbons (Fsp3) is 0.300. The molecule has 0 atom stereocenters. The summed E-state index contributed by atoms with van der Waals surface area (Å²) in [7, 11) is -3.60. The second-order valence-electron chi connectivity index (χ2n) is 7.36. The summed E-state index contributed by atoms with van der Waals surface area (Å²) in [5.41, 5.74) is 1.83. The number of rotatable bonds is 8. The Kier molecular flexibility index (Phi) is 6.81. The van der Waals surface area contributed by atoms with Gasteiger partial charge in [-0.15, -0.1) is 0 Å². The van der Waals surface area contributed by atoms with Crippen LogP contribution in [-0.2, 0) is 23.9 Å². The SMILES string of the molecule is CC(=O)Nc1cc(Nc2cc(OC3COC3)cc(S(C)(=O)=O)n2)c(-c2ccn(CI)n2)cn1. The molecule has 1 fully saturated rings. The molecule has 1 aliphatic rings. The smallest absolute Gasteiger partial charge is 0.222 e. The van der Waals surface area contributed by atoms with Crippen LogP contribution in [0.1, 0.15) is 6.92 Å². The van der Waals surface area contributed by atoms with Crippen molar-refractivity contribution in [3.05, 3.63) is 36.7 Å². The third-order valence-electron chi connectivity index (χ3n) is 4.58. The van der Waals surface area contributed by atoms with Gasteiger partial charge in [-0.05, 0) is 6.07 Å². The molecular formula is C20H21IN6O5S. The maximum absolute atomic E-state index is 12.2. The molecule has 0 bridgehead atoms. The highest BCUT2D eigenvalue weighted by molar-refractivity contribution is 14.1. The number of hydrogen-bond acceptors (Lipinski definition) is 9. The minimum absolute atomic E-state index is 0.130. The number of amides is 1. The molecule has 11 nitrogen and oxygen atoms in total. The molecule has 33 heavy (non-hydrogen) atoms. The summed E-state index contributed by atoms with van der Waals surface area (Å²) in [4.78, 5) is 20.1. The molecule has 0 saturated carbocycles. The normalized spacial score (nSPS) is 13.9. The summed E-state index contributed by atoms with van der Waals surface area (Å²) in [6.45, 7) is 2.26. The Hall–Kier alpha value is -2.78. The highest BCUT2D eigenvalue weighted by Crippen LogP contribution is 2.32. The van der Waals surface area contributed by atoms with E-state index in [0.717, 1.165) is 6.26 Å². The molecule has 4 heterocycles. The topological polar surface area (TPSA) is 137 Å². The molecule has 1 aliphatic heterocycles. The minimum Gasteiger partial charge on any atom is -0.485 e. The van der Waals surface area contributed by atoms with Crippen molar-refractivity contribution in [3.8, 4) is 17.0 Å². The molecule has 2 N–H and O–H groups in total. The van der Waals surface area contributed by atoms with Gasteiger partial charge in [0, 0.05) is 49.3 Å². The van der Waals surface area contributed by atoms with E-state index in [-0.39, 0.29) is 22.9 Å². The number of aromatic nitrogens is 4. The predicted octanol–water partition coefficient (Wildman–Crippen LogP) is 2.62. The Labute approximate surface area is 204 Å². The van der Waals surface area contributed by atoms with Gasteiger partial charge in [0.25, 0.3) is 0 Å². The Morgan fingerprint density at radius 2 is 2.09 bits per heavy atom. The lowest BCUT2D eigenvalue weighted by atomic mass is 10.1. The van der Waals surface area contributed by atoms with Crippen molar-refractivity contribution in [1.29, 1.82) is 0 Å². The largest absolute Gasteiger partial charge is 0.485 e. The number of hydrogen-bond donors (Lipinski definition) is 2. The van der Waals surface area contributed by atoms with Crippen LogP contribution in [0.15, 0.2) is 41.7 Å². The number of pyridine rings is 2. The van der Waals surface area contributed by atoms with Gasteiger partial charge in [0.05, 0.1) is 29.1 Å². The molecule has 174 valence electrons. The van der Waals surface area contributed by atoms with Gasteiger partial charge in [-0.25, -0.2) is 18.4 Å². The van der Waals surface area contributed by atoms with E-state index in [1.807, 2.05) is 12.3 Å². The van der Waals surface area contributed by atoms with E-state index in [1.165, 1.54) is 13.0 Å². The highest BCUT2D eigenvalue weighted by atomic mass is 127. The average Bonchev–Trinajstić information content (AvgIpc) is 3.19. The van der Waals surface area contributed by atoms with Gasteiger partial charge in [0.1, 0.15) is 23.5 Å². The molecule has 3 aromatic heterocycles. The van der Waals surface area contributed by atoms with Crippen LogP contribution in [0.2, 0.25) is 0 Å². The van der Waals surface area contributed by atoms with Crippen LogP contribution in [0.25, 0.3) is 11.3 Å². The van der Waals surface area contributed by atoms with E-state index >= 15 is 0 Å². The lowest BCUT2D eigenvalue weighted by molar-refractivity contribution is -0.114. The van der Waals surface area contributed by atoms with Crippen molar-refractivity contribution in [2.24, 2.45) is 0 Å². The fourth-order valence-corrected chi connectivity index (χ4v) is 3.97. The summed E-state index contributed by atoms with van der Waals surface area (Å²) in [5.74, 6) is 0.659. The first-order valence-corrected chi connectivity index (χ1v) is 13.2. The number of alkyl halides is 1. The molecule has 3 aromatic rings. The van der Waals surface area contributed by atoms with Crippen molar-refractivity contribution in [3.63, 3.8) is 0 Å². The molecule has 1 saturated heterocycles. The minimum atomic E-state index is -3.60. The first-order valence-electron chi connectivity index (χ1n) is 9.82. The Balaban J connectivity index is 1.75. The lowest BCUT2D eigenvalue weighted by Crippen LogP contribution is -2.38. The molecule has 0 unspecified atom stereocenters. The predicted molar refractivity (Wildman–Crippen MR) is 130 cm³/mol. The quantitative estimate of drug-likeness (QED) is 0.302. The van der Waals surface area contributed by atoms with Crippen LogP contribution in [-0.4, -0.2) is 59.6 Å². The fourth-order valence-electron chi connectivity index (χ4n) is 3.00. The number of carbonyl (C=O) groups is 1. The van der Waals surface area contributed by atoms with E-state index in [0.29, 0.717) is 46.3 Å². The number of ether oxygens (including phenoxy) is 2. The number of nitrogens with one attached hydrogen (secondary N) is 2. The Morgan fingerprint density at radius 1 is 1.30 bits per heavy atom. The van der Waals surface area contributed by atoms with Crippen LogP contribution in [0.4, 0.5) is 17.3 Å². The third kappa shape index (κ3) is 5.78. The number of sulfone groups is 1. The van der Waals surface area contributed by atoms with Gasteiger partial charge >= 0.3 is 0 Å². The first-order chi connectivity index (χ1) is 15.7. The monoisotopic (exact) mass is 584 g/mol. The van der Waals surface area contributed by atoms with Crippen molar-refractivity contribution >= 4 is 55.7 Å². The second-order valence-corrected chi connectivity index (χ2v) is 10.0. The molecule has 13 heteroatoms. The van der Waals surface area contributed by atoms with E-state index < -0.39 is 9.84 Å². The van der Waals surface area contributed by atoms with Crippen LogP contribution >= 0.6 is 22.6 Å². The molecule has 0 aliphatic carbocycles. The zero-order valence-corrected chi connectivity index (χ0v) is 20.8. The van der Waals surface area contributed by atoms with Crippen molar-refractivity contribution in [1.82, 2.24) is 19.7 Å². The standard InChI is InChI=1S/C20H21IN6O5S/c1-12(28)23-18-7-17(15(8-22-18)16-3-4-27(11-21)26-16)24-19-5-13(32-14-9-31-10-14)6-20(25-19)33(2,29)30/h3-8,14H,9-11H2,1-2H3,(H2,22,23,24,25,28). The third-order valence-corrected chi connectivity index (χ3v) is 6.24. The Bertz CT molecular complexity index is 1290. The number of nitrogens with zero attached hydrogens (tertiary/aromatic N) is 4. The average molecular weight is 584 g/mol. The molecule has 4 rings (SSSR count). The van der Waals surface area contributed by atoms with Crippen molar-refractivity contribution < 1.29 is 22.7 Å². The molecule has 0 aromatic carbocycles. The van der Waals surface area contributed by atoms with Crippen LogP contribution < -0.4 is 15.4 Å². The van der Waals surface area contributed by atoms with Crippen molar-refractivity contribution in [2.45, 2.75) is 22.6 Å². The maximum Gasteiger partial charge on any atom is 0.222 e. The van der Waals surface area contributed by atoms with E-state index in [1.54, 1.807) is 23.0 Å². The zero-order valence-electron chi connectivity index (χ0n) is 17.8. The molecule has 0 spiro atoms. The summed E-state index contributed by atoms with van der Waals surface area (Å²) >= 11 is 2.20. The van der Waals surface area contributed by atoms with E-state index in [2.05, 4.69) is 48.3 Å². The number of carbonyl (C=O) groups excluding carboxylic acids is 1. The van der Waals surface area contributed by atoms with Crippen molar-refractivity contribution in [2.75, 3.05) is 30.1 Å². The molecule has 1 amide bonds. The van der Waals surface area contributed by atoms with Gasteiger partial charge < -0.3 is 20.1 Å². The van der Waals surface area contributed by atoms with Crippen LogP contribution in [0, 0.1) is 0 Å². The van der Waals surface area contributed by atoms with Gasteiger partial charge in [0.2, 0.25) is 5.91 Å². The van der Waals surface area contributed by atoms with Gasteiger partial charge in [-0.2, -0.15) is 5.10 Å². The maximum atomic E-state index is 12.2. The van der Waals surface area contributed by atoms with Crippen LogP contribution in [0.5, 0.6) is 5.75 Å². The summed E-state index contributed by atoms with van der Waals surface area (Å²) < 4.78 is 37.8. The Morgan fingerprint density at radius 3 is 2.70 bits per heavy atom. The van der Waals surface area contributed by atoms with Gasteiger partial charge in [0.15, 0.2) is 14.9 Å². The summed E-state index contributed by atoms with van der Waals surface area (Å²) in [5, 5.41) is 10.2.